The summed E-state index contributed by atoms with van der Waals surface area (Å²) in [6.45, 7) is 0. The topological polar surface area (TPSA) is 46.1 Å². The van der Waals surface area contributed by atoms with E-state index in [1.165, 1.54) is 6.20 Å². The van der Waals surface area contributed by atoms with Crippen LogP contribution in [0.4, 0.5) is 5.69 Å². The Balaban J connectivity index is 2.29. The lowest BCUT2D eigenvalue weighted by Gasteiger charge is -2.12. The zero-order valence-corrected chi connectivity index (χ0v) is 10.8. The van der Waals surface area contributed by atoms with E-state index in [-0.39, 0.29) is 11.1 Å². The molecule has 0 spiro atoms. The average molecular weight is 262 g/mol. The maximum atomic E-state index is 12.1. The zero-order valence-electron chi connectivity index (χ0n) is 10.1. The molecule has 0 atom stereocenters. The molecule has 0 aliphatic rings. The van der Waals surface area contributed by atoms with Gasteiger partial charge in [0.05, 0.1) is 0 Å². The molecule has 0 aliphatic carbocycles. The van der Waals surface area contributed by atoms with Crippen molar-refractivity contribution >= 4 is 23.1 Å². The minimum absolute atomic E-state index is 0.0748. The monoisotopic (exact) mass is 261 g/mol. The van der Waals surface area contributed by atoms with E-state index in [1.807, 2.05) is 31.1 Å². The van der Waals surface area contributed by atoms with Crippen molar-refractivity contribution in [3.63, 3.8) is 0 Å². The molecule has 0 unspecified atom stereocenters. The summed E-state index contributed by atoms with van der Waals surface area (Å²) < 4.78 is 0. The van der Waals surface area contributed by atoms with Gasteiger partial charge in [-0.3, -0.25) is 4.79 Å². The summed E-state index contributed by atoms with van der Waals surface area (Å²) in [7, 11) is 3.89. The fourth-order valence-electron chi connectivity index (χ4n) is 1.52. The molecule has 1 aromatic carbocycles. The van der Waals surface area contributed by atoms with Gasteiger partial charge in [-0.2, -0.15) is 0 Å². The fraction of sp³-hybridized carbons (Fsp3) is 0.154. The van der Waals surface area contributed by atoms with Crippen molar-refractivity contribution in [3.05, 3.63) is 53.1 Å². The van der Waals surface area contributed by atoms with E-state index in [0.717, 1.165) is 5.69 Å². The number of benzene rings is 1. The standard InChI is InChI=1S/C13H12ClN3O/c1-17(2)10-5-3-9(4-6-10)12(18)11-7-8-15-13(14)16-11/h3-8H,1-2H3. The van der Waals surface area contributed by atoms with Crippen LogP contribution in [-0.2, 0) is 0 Å². The minimum Gasteiger partial charge on any atom is -0.378 e. The van der Waals surface area contributed by atoms with Gasteiger partial charge in [-0.15, -0.1) is 0 Å². The van der Waals surface area contributed by atoms with Gasteiger partial charge in [-0.1, -0.05) is 0 Å². The van der Waals surface area contributed by atoms with Crippen molar-refractivity contribution in [3.8, 4) is 0 Å². The molecule has 18 heavy (non-hydrogen) atoms. The summed E-state index contributed by atoms with van der Waals surface area (Å²) in [6.07, 6.45) is 1.47. The molecule has 0 aliphatic heterocycles. The number of rotatable bonds is 3. The van der Waals surface area contributed by atoms with Crippen molar-refractivity contribution in [2.24, 2.45) is 0 Å². The van der Waals surface area contributed by atoms with E-state index in [2.05, 4.69) is 9.97 Å². The maximum absolute atomic E-state index is 12.1. The Hall–Kier alpha value is -1.94. The normalized spacial score (nSPS) is 10.2. The molecule has 4 nitrogen and oxygen atoms in total. The Morgan fingerprint density at radius 3 is 2.39 bits per heavy atom. The number of anilines is 1. The molecule has 0 radical (unpaired) electrons. The number of nitrogens with zero attached hydrogens (tertiary/aromatic N) is 3. The molecule has 2 rings (SSSR count). The van der Waals surface area contributed by atoms with Gasteiger partial charge in [0.15, 0.2) is 0 Å². The fourth-order valence-corrected chi connectivity index (χ4v) is 1.67. The molecular formula is C13H12ClN3O. The first-order valence-corrected chi connectivity index (χ1v) is 5.76. The van der Waals surface area contributed by atoms with E-state index < -0.39 is 0 Å². The molecule has 0 fully saturated rings. The largest absolute Gasteiger partial charge is 0.378 e. The molecule has 2 aromatic rings. The van der Waals surface area contributed by atoms with Crippen molar-refractivity contribution in [2.75, 3.05) is 19.0 Å². The number of carbonyl (C=O) groups excluding carboxylic acids is 1. The molecule has 0 saturated carbocycles. The number of aromatic nitrogens is 2. The maximum Gasteiger partial charge on any atom is 0.222 e. The third kappa shape index (κ3) is 2.65. The van der Waals surface area contributed by atoms with Gasteiger partial charge >= 0.3 is 0 Å². The highest BCUT2D eigenvalue weighted by atomic mass is 35.5. The van der Waals surface area contributed by atoms with Crippen LogP contribution in [0.2, 0.25) is 5.28 Å². The van der Waals surface area contributed by atoms with Gasteiger partial charge in [0.25, 0.3) is 0 Å². The van der Waals surface area contributed by atoms with Crippen LogP contribution in [0.1, 0.15) is 16.1 Å². The molecule has 5 heteroatoms. The van der Waals surface area contributed by atoms with E-state index in [1.54, 1.807) is 18.2 Å². The minimum atomic E-state index is -0.162. The Morgan fingerprint density at radius 1 is 1.17 bits per heavy atom. The Morgan fingerprint density at radius 2 is 1.83 bits per heavy atom. The number of hydrogen-bond acceptors (Lipinski definition) is 4. The highest BCUT2D eigenvalue weighted by Gasteiger charge is 2.11. The molecule has 0 amide bonds. The third-order valence-electron chi connectivity index (χ3n) is 2.50. The molecule has 92 valence electrons. The third-order valence-corrected chi connectivity index (χ3v) is 2.69. The number of ketones is 1. The van der Waals surface area contributed by atoms with Crippen LogP contribution in [0.25, 0.3) is 0 Å². The van der Waals surface area contributed by atoms with Crippen LogP contribution in [0.3, 0.4) is 0 Å². The summed E-state index contributed by atoms with van der Waals surface area (Å²) in [5.74, 6) is -0.162. The van der Waals surface area contributed by atoms with Crippen LogP contribution >= 0.6 is 11.6 Å². The predicted octanol–water partition coefficient (Wildman–Crippen LogP) is 2.43. The SMILES string of the molecule is CN(C)c1ccc(C(=O)c2ccnc(Cl)n2)cc1. The van der Waals surface area contributed by atoms with Crippen molar-refractivity contribution in [2.45, 2.75) is 0 Å². The second-order valence-electron chi connectivity index (χ2n) is 3.98. The number of halogens is 1. The van der Waals surface area contributed by atoms with E-state index in [4.69, 9.17) is 11.6 Å². The van der Waals surface area contributed by atoms with Crippen molar-refractivity contribution in [1.29, 1.82) is 0 Å². The number of hydrogen-bond donors (Lipinski definition) is 0. The molecule has 0 N–H and O–H groups in total. The summed E-state index contributed by atoms with van der Waals surface area (Å²) in [5, 5.41) is 0.0748. The lowest BCUT2D eigenvalue weighted by molar-refractivity contribution is 0.103. The Labute approximate surface area is 110 Å². The van der Waals surface area contributed by atoms with Crippen molar-refractivity contribution in [1.82, 2.24) is 9.97 Å². The van der Waals surface area contributed by atoms with E-state index in [9.17, 15) is 4.79 Å². The van der Waals surface area contributed by atoms with E-state index >= 15 is 0 Å². The van der Waals surface area contributed by atoms with Gasteiger partial charge < -0.3 is 4.90 Å². The first-order valence-electron chi connectivity index (χ1n) is 5.38. The van der Waals surface area contributed by atoms with Crippen LogP contribution in [0, 0.1) is 0 Å². The van der Waals surface area contributed by atoms with Gasteiger partial charge in [-0.05, 0) is 41.9 Å². The van der Waals surface area contributed by atoms with Crippen molar-refractivity contribution < 1.29 is 4.79 Å². The molecular weight excluding hydrogens is 250 g/mol. The Kier molecular flexibility index (Phi) is 3.58. The van der Waals surface area contributed by atoms with E-state index in [0.29, 0.717) is 11.3 Å². The first kappa shape index (κ1) is 12.5. The van der Waals surface area contributed by atoms with Gasteiger partial charge in [-0.25, -0.2) is 9.97 Å². The summed E-state index contributed by atoms with van der Waals surface area (Å²) in [4.78, 5) is 21.7. The van der Waals surface area contributed by atoms with Gasteiger partial charge in [0.2, 0.25) is 11.1 Å². The van der Waals surface area contributed by atoms with Gasteiger partial charge in [0.1, 0.15) is 5.69 Å². The lowest BCUT2D eigenvalue weighted by atomic mass is 10.1. The molecule has 0 bridgehead atoms. The summed E-state index contributed by atoms with van der Waals surface area (Å²) in [5.41, 5.74) is 1.91. The van der Waals surface area contributed by atoms with Crippen LogP contribution in [-0.4, -0.2) is 29.8 Å². The summed E-state index contributed by atoms with van der Waals surface area (Å²) >= 11 is 5.66. The first-order chi connectivity index (χ1) is 8.58. The zero-order chi connectivity index (χ0) is 13.1. The molecule has 1 heterocycles. The second-order valence-corrected chi connectivity index (χ2v) is 4.32. The predicted molar refractivity (Wildman–Crippen MR) is 71.2 cm³/mol. The van der Waals surface area contributed by atoms with Crippen LogP contribution in [0.5, 0.6) is 0 Å². The van der Waals surface area contributed by atoms with Crippen LogP contribution in [0.15, 0.2) is 36.5 Å². The molecule has 1 aromatic heterocycles. The Bertz CT molecular complexity index is 567. The van der Waals surface area contributed by atoms with Crippen LogP contribution < -0.4 is 4.90 Å². The summed E-state index contributed by atoms with van der Waals surface area (Å²) in [6, 6.07) is 8.86. The molecule has 0 saturated heterocycles. The highest BCUT2D eigenvalue weighted by Crippen LogP contribution is 2.15. The van der Waals surface area contributed by atoms with Gasteiger partial charge in [0, 0.05) is 31.5 Å². The lowest BCUT2D eigenvalue weighted by Crippen LogP contribution is -2.09. The smallest absolute Gasteiger partial charge is 0.222 e. The number of carbonyl (C=O) groups is 1. The quantitative estimate of drug-likeness (QED) is 0.629. The average Bonchev–Trinajstić information content (AvgIpc) is 2.38. The second kappa shape index (κ2) is 5.14. The highest BCUT2D eigenvalue weighted by molar-refractivity contribution is 6.28.